The first-order valence-corrected chi connectivity index (χ1v) is 8.76. The molecular weight excluding hydrogens is 335 g/mol. The standard InChI is InChI=1S/C20H15FN2OS/c1-11-10-25-20-13(11)8-9-17(23-20)16-5-3-4-14(18(16)21)15-7-6-12(2)22-19(15)24/h3-10H,1-2H3,(H,22,24). The Morgan fingerprint density at radius 1 is 1.00 bits per heavy atom. The lowest BCUT2D eigenvalue weighted by atomic mass is 10.0. The van der Waals surface area contributed by atoms with Gasteiger partial charge in [0.15, 0.2) is 0 Å². The number of fused-ring (bicyclic) bond motifs is 1. The van der Waals surface area contributed by atoms with Crippen LogP contribution in [0, 0.1) is 19.7 Å². The van der Waals surface area contributed by atoms with Crippen LogP contribution < -0.4 is 5.56 Å². The number of halogens is 1. The summed E-state index contributed by atoms with van der Waals surface area (Å²) in [7, 11) is 0. The van der Waals surface area contributed by atoms with Crippen molar-refractivity contribution in [2.45, 2.75) is 13.8 Å². The van der Waals surface area contributed by atoms with Gasteiger partial charge in [-0.3, -0.25) is 4.79 Å². The highest BCUT2D eigenvalue weighted by molar-refractivity contribution is 7.16. The summed E-state index contributed by atoms with van der Waals surface area (Å²) in [4.78, 5) is 20.4. The minimum absolute atomic E-state index is 0.281. The average molecular weight is 350 g/mol. The summed E-state index contributed by atoms with van der Waals surface area (Å²) in [5.41, 5.74) is 3.17. The molecule has 0 saturated carbocycles. The number of hydrogen-bond donors (Lipinski definition) is 1. The summed E-state index contributed by atoms with van der Waals surface area (Å²) >= 11 is 1.54. The van der Waals surface area contributed by atoms with Crippen molar-refractivity contribution in [2.75, 3.05) is 0 Å². The zero-order valence-electron chi connectivity index (χ0n) is 13.8. The van der Waals surface area contributed by atoms with Crippen molar-refractivity contribution in [2.24, 2.45) is 0 Å². The molecule has 5 heteroatoms. The number of nitrogens with zero attached hydrogens (tertiary/aromatic N) is 1. The molecule has 4 rings (SSSR count). The van der Waals surface area contributed by atoms with Gasteiger partial charge in [0.2, 0.25) is 0 Å². The highest BCUT2D eigenvalue weighted by Crippen LogP contribution is 2.31. The average Bonchev–Trinajstić information content (AvgIpc) is 2.96. The van der Waals surface area contributed by atoms with Crippen LogP contribution in [0.5, 0.6) is 0 Å². The molecule has 25 heavy (non-hydrogen) atoms. The van der Waals surface area contributed by atoms with Crippen LogP contribution in [0.25, 0.3) is 32.6 Å². The van der Waals surface area contributed by atoms with Crippen molar-refractivity contribution in [1.82, 2.24) is 9.97 Å². The van der Waals surface area contributed by atoms with Gasteiger partial charge in [-0.2, -0.15) is 0 Å². The van der Waals surface area contributed by atoms with Gasteiger partial charge in [-0.05, 0) is 55.1 Å². The number of H-pyrrole nitrogens is 1. The molecule has 0 aliphatic heterocycles. The predicted molar refractivity (Wildman–Crippen MR) is 101 cm³/mol. The minimum Gasteiger partial charge on any atom is -0.326 e. The molecule has 124 valence electrons. The van der Waals surface area contributed by atoms with E-state index in [4.69, 9.17) is 0 Å². The van der Waals surface area contributed by atoms with Crippen LogP contribution in [0.2, 0.25) is 0 Å². The maximum absolute atomic E-state index is 15.1. The van der Waals surface area contributed by atoms with Gasteiger partial charge in [0.1, 0.15) is 10.6 Å². The van der Waals surface area contributed by atoms with E-state index in [9.17, 15) is 4.79 Å². The number of aromatic nitrogens is 2. The molecule has 1 aromatic carbocycles. The third kappa shape index (κ3) is 2.66. The molecule has 0 fully saturated rings. The van der Waals surface area contributed by atoms with Crippen LogP contribution in [0.15, 0.2) is 52.6 Å². The molecule has 0 atom stereocenters. The topological polar surface area (TPSA) is 45.8 Å². The van der Waals surface area contributed by atoms with Crippen molar-refractivity contribution < 1.29 is 4.39 Å². The molecule has 4 aromatic rings. The van der Waals surface area contributed by atoms with Crippen LogP contribution in [0.4, 0.5) is 4.39 Å². The number of hydrogen-bond acceptors (Lipinski definition) is 3. The zero-order chi connectivity index (χ0) is 17.6. The largest absolute Gasteiger partial charge is 0.326 e. The lowest BCUT2D eigenvalue weighted by Gasteiger charge is -2.08. The van der Waals surface area contributed by atoms with Gasteiger partial charge in [-0.25, -0.2) is 9.37 Å². The van der Waals surface area contributed by atoms with Crippen molar-refractivity contribution in [3.05, 3.63) is 75.3 Å². The van der Waals surface area contributed by atoms with E-state index in [-0.39, 0.29) is 11.1 Å². The third-order valence-corrected chi connectivity index (χ3v) is 5.26. The summed E-state index contributed by atoms with van der Waals surface area (Å²) < 4.78 is 15.1. The first-order valence-electron chi connectivity index (χ1n) is 7.88. The zero-order valence-corrected chi connectivity index (χ0v) is 14.6. The molecule has 3 aromatic heterocycles. The molecule has 3 nitrogen and oxygen atoms in total. The van der Waals surface area contributed by atoms with Gasteiger partial charge in [-0.1, -0.05) is 12.1 Å². The SMILES string of the molecule is Cc1ccc(-c2cccc(-c3ccc4c(C)csc4n3)c2F)c(=O)[nH]1. The highest BCUT2D eigenvalue weighted by Gasteiger charge is 2.15. The Hall–Kier alpha value is -2.79. The monoisotopic (exact) mass is 350 g/mol. The Morgan fingerprint density at radius 3 is 2.60 bits per heavy atom. The Kier molecular flexibility index (Phi) is 3.73. The van der Waals surface area contributed by atoms with E-state index < -0.39 is 5.82 Å². The van der Waals surface area contributed by atoms with Crippen molar-refractivity contribution >= 4 is 21.6 Å². The Balaban J connectivity index is 1.89. The van der Waals surface area contributed by atoms with E-state index in [1.54, 1.807) is 48.6 Å². The summed E-state index contributed by atoms with van der Waals surface area (Å²) in [6, 6.07) is 12.3. The number of nitrogens with one attached hydrogen (secondary N) is 1. The fourth-order valence-electron chi connectivity index (χ4n) is 2.91. The molecule has 0 aliphatic carbocycles. The van der Waals surface area contributed by atoms with Crippen molar-refractivity contribution in [3.63, 3.8) is 0 Å². The quantitative estimate of drug-likeness (QED) is 0.548. The number of pyridine rings is 2. The second kappa shape index (κ2) is 5.93. The second-order valence-electron chi connectivity index (χ2n) is 6.02. The number of aromatic amines is 1. The molecule has 0 aliphatic rings. The summed E-state index contributed by atoms with van der Waals surface area (Å²) in [6.07, 6.45) is 0. The number of aryl methyl sites for hydroxylation is 2. The highest BCUT2D eigenvalue weighted by atomic mass is 32.1. The maximum atomic E-state index is 15.1. The number of rotatable bonds is 2. The molecular formula is C20H15FN2OS. The van der Waals surface area contributed by atoms with Gasteiger partial charge in [-0.15, -0.1) is 11.3 Å². The Morgan fingerprint density at radius 2 is 1.80 bits per heavy atom. The van der Waals surface area contributed by atoms with E-state index in [1.165, 1.54) is 5.56 Å². The van der Waals surface area contributed by atoms with E-state index >= 15 is 4.39 Å². The van der Waals surface area contributed by atoms with E-state index in [0.717, 1.165) is 15.9 Å². The van der Waals surface area contributed by atoms with Crippen LogP contribution in [0.3, 0.4) is 0 Å². The predicted octanol–water partition coefficient (Wildman–Crippen LogP) is 5.07. The first kappa shape index (κ1) is 15.7. The summed E-state index contributed by atoms with van der Waals surface area (Å²) in [6.45, 7) is 3.82. The summed E-state index contributed by atoms with van der Waals surface area (Å²) in [5.74, 6) is -0.433. The van der Waals surface area contributed by atoms with E-state index in [0.29, 0.717) is 16.8 Å². The molecule has 3 heterocycles. The van der Waals surface area contributed by atoms with Crippen LogP contribution in [-0.2, 0) is 0 Å². The molecule has 1 N–H and O–H groups in total. The fourth-order valence-corrected chi connectivity index (χ4v) is 3.83. The van der Waals surface area contributed by atoms with Gasteiger partial charge < -0.3 is 4.98 Å². The lowest BCUT2D eigenvalue weighted by molar-refractivity contribution is 0.634. The normalized spacial score (nSPS) is 11.2. The Bertz CT molecular complexity index is 1160. The second-order valence-corrected chi connectivity index (χ2v) is 6.88. The van der Waals surface area contributed by atoms with Crippen molar-refractivity contribution in [1.29, 1.82) is 0 Å². The minimum atomic E-state index is -0.433. The Labute approximate surface area is 147 Å². The van der Waals surface area contributed by atoms with Gasteiger partial charge in [0, 0.05) is 27.8 Å². The van der Waals surface area contributed by atoms with Gasteiger partial charge in [0.05, 0.1) is 5.69 Å². The smallest absolute Gasteiger partial charge is 0.256 e. The van der Waals surface area contributed by atoms with Crippen molar-refractivity contribution in [3.8, 4) is 22.4 Å². The summed E-state index contributed by atoms with van der Waals surface area (Å²) in [5, 5.41) is 3.13. The van der Waals surface area contributed by atoms with Crippen LogP contribution in [0.1, 0.15) is 11.3 Å². The molecule has 0 unspecified atom stereocenters. The third-order valence-electron chi connectivity index (χ3n) is 4.25. The molecule has 0 radical (unpaired) electrons. The molecule has 0 amide bonds. The molecule has 0 saturated heterocycles. The number of benzene rings is 1. The van der Waals surface area contributed by atoms with Crippen LogP contribution >= 0.6 is 11.3 Å². The molecule has 0 bridgehead atoms. The van der Waals surface area contributed by atoms with Gasteiger partial charge >= 0.3 is 0 Å². The first-order chi connectivity index (χ1) is 12.0. The lowest BCUT2D eigenvalue weighted by Crippen LogP contribution is -2.10. The van der Waals surface area contributed by atoms with E-state index in [2.05, 4.69) is 9.97 Å². The number of thiophene rings is 1. The fraction of sp³-hybridized carbons (Fsp3) is 0.100. The van der Waals surface area contributed by atoms with Crippen LogP contribution in [-0.4, -0.2) is 9.97 Å². The molecule has 0 spiro atoms. The van der Waals surface area contributed by atoms with E-state index in [1.807, 2.05) is 24.4 Å². The van der Waals surface area contributed by atoms with Gasteiger partial charge in [0.25, 0.3) is 5.56 Å². The maximum Gasteiger partial charge on any atom is 0.256 e.